The average Bonchev–Trinajstić information content (AvgIpc) is 2.98. The van der Waals surface area contributed by atoms with Crippen molar-refractivity contribution < 1.29 is 19.1 Å². The molecule has 9 heteroatoms. The number of aromatic nitrogens is 2. The Kier molecular flexibility index (Phi) is 5.90. The number of carbonyl (C=O) groups is 3. The van der Waals surface area contributed by atoms with E-state index in [1.54, 1.807) is 11.6 Å². The Balaban J connectivity index is 1.62. The standard InChI is InChI=1S/C24H30N4O5/c1-24(2,3)33-22(31)25-15-10-8-14(9-11-15)16-6-5-7-17-20(16)27(4)23(32)28(17)18-12-13-19(29)26-21(18)30/h5-8,15,18H,9-13H2,1-4H3,(H,25,31)(H,26,29,30). The predicted octanol–water partition coefficient (Wildman–Crippen LogP) is 2.78. The summed E-state index contributed by atoms with van der Waals surface area (Å²) < 4.78 is 8.42. The number of rotatable bonds is 3. The maximum atomic E-state index is 13.1. The maximum absolute atomic E-state index is 13.1. The van der Waals surface area contributed by atoms with Crippen LogP contribution in [0.15, 0.2) is 29.1 Å². The van der Waals surface area contributed by atoms with Gasteiger partial charge in [-0.2, -0.15) is 0 Å². The summed E-state index contributed by atoms with van der Waals surface area (Å²) in [6, 6.07) is 4.96. The summed E-state index contributed by atoms with van der Waals surface area (Å²) in [5.41, 5.74) is 2.64. The molecule has 33 heavy (non-hydrogen) atoms. The van der Waals surface area contributed by atoms with Crippen molar-refractivity contribution in [1.82, 2.24) is 19.8 Å². The van der Waals surface area contributed by atoms with E-state index in [-0.39, 0.29) is 24.1 Å². The number of piperidine rings is 1. The number of hydrogen-bond donors (Lipinski definition) is 2. The van der Waals surface area contributed by atoms with E-state index in [1.165, 1.54) is 4.57 Å². The molecule has 2 aliphatic rings. The fraction of sp³-hybridized carbons (Fsp3) is 0.500. The largest absolute Gasteiger partial charge is 0.444 e. The minimum absolute atomic E-state index is 0.0142. The van der Waals surface area contributed by atoms with E-state index in [1.807, 2.05) is 39.0 Å². The zero-order valence-corrected chi connectivity index (χ0v) is 19.4. The number of carbonyl (C=O) groups excluding carboxylic acids is 3. The van der Waals surface area contributed by atoms with Gasteiger partial charge in [-0.15, -0.1) is 0 Å². The summed E-state index contributed by atoms with van der Waals surface area (Å²) in [5, 5.41) is 5.26. The number of hydrogen-bond acceptors (Lipinski definition) is 5. The number of ether oxygens (including phenoxy) is 1. The van der Waals surface area contributed by atoms with E-state index in [0.29, 0.717) is 18.4 Å². The van der Waals surface area contributed by atoms with Crippen molar-refractivity contribution in [2.45, 2.75) is 70.6 Å². The molecule has 1 aliphatic heterocycles. The lowest BCUT2D eigenvalue weighted by Gasteiger charge is -2.26. The van der Waals surface area contributed by atoms with E-state index in [4.69, 9.17) is 4.74 Å². The Morgan fingerprint density at radius 3 is 2.55 bits per heavy atom. The van der Waals surface area contributed by atoms with Gasteiger partial charge in [0.25, 0.3) is 0 Å². The van der Waals surface area contributed by atoms with E-state index < -0.39 is 23.6 Å². The van der Waals surface area contributed by atoms with E-state index in [2.05, 4.69) is 16.7 Å². The highest BCUT2D eigenvalue weighted by molar-refractivity contribution is 6.00. The fourth-order valence-corrected chi connectivity index (χ4v) is 4.61. The smallest absolute Gasteiger partial charge is 0.407 e. The minimum Gasteiger partial charge on any atom is -0.444 e. The second-order valence-corrected chi connectivity index (χ2v) is 9.70. The summed E-state index contributed by atoms with van der Waals surface area (Å²) in [7, 11) is 1.70. The quantitative estimate of drug-likeness (QED) is 0.693. The van der Waals surface area contributed by atoms with E-state index >= 15 is 0 Å². The number of imide groups is 1. The van der Waals surface area contributed by atoms with Crippen LogP contribution in [-0.2, 0) is 21.4 Å². The summed E-state index contributed by atoms with van der Waals surface area (Å²) in [4.78, 5) is 49.2. The number of imidazole rings is 1. The van der Waals surface area contributed by atoms with Gasteiger partial charge in [0.2, 0.25) is 11.8 Å². The number of para-hydroxylation sites is 1. The monoisotopic (exact) mass is 454 g/mol. The van der Waals surface area contributed by atoms with Crippen LogP contribution in [0.5, 0.6) is 0 Å². The summed E-state index contributed by atoms with van der Waals surface area (Å²) >= 11 is 0. The lowest BCUT2D eigenvalue weighted by Crippen LogP contribution is -2.44. The molecule has 176 valence electrons. The molecular weight excluding hydrogens is 424 g/mol. The number of fused-ring (bicyclic) bond motifs is 1. The highest BCUT2D eigenvalue weighted by Crippen LogP contribution is 2.33. The maximum Gasteiger partial charge on any atom is 0.407 e. The highest BCUT2D eigenvalue weighted by Gasteiger charge is 2.32. The molecule has 4 rings (SSSR count). The molecule has 2 atom stereocenters. The van der Waals surface area contributed by atoms with E-state index in [0.717, 1.165) is 29.5 Å². The van der Waals surface area contributed by atoms with Crippen LogP contribution in [0.25, 0.3) is 16.6 Å². The molecule has 2 aromatic rings. The van der Waals surface area contributed by atoms with Crippen LogP contribution in [0.3, 0.4) is 0 Å². The Hall–Kier alpha value is -3.36. The third kappa shape index (κ3) is 4.58. The highest BCUT2D eigenvalue weighted by atomic mass is 16.6. The minimum atomic E-state index is -0.711. The predicted molar refractivity (Wildman–Crippen MR) is 124 cm³/mol. The van der Waals surface area contributed by atoms with Crippen LogP contribution >= 0.6 is 0 Å². The van der Waals surface area contributed by atoms with Gasteiger partial charge in [-0.05, 0) is 58.1 Å². The van der Waals surface area contributed by atoms with E-state index in [9.17, 15) is 19.2 Å². The number of aryl methyl sites for hydroxylation is 1. The third-order valence-corrected chi connectivity index (χ3v) is 6.10. The third-order valence-electron chi connectivity index (χ3n) is 6.10. The molecule has 1 saturated heterocycles. The molecular formula is C24H30N4O5. The van der Waals surface area contributed by atoms with Gasteiger partial charge in [0.15, 0.2) is 0 Å². The molecule has 0 saturated carbocycles. The number of nitrogens with zero attached hydrogens (tertiary/aromatic N) is 2. The van der Waals surface area contributed by atoms with Crippen LogP contribution < -0.4 is 16.3 Å². The van der Waals surface area contributed by atoms with Gasteiger partial charge < -0.3 is 10.1 Å². The molecule has 3 amide bonds. The van der Waals surface area contributed by atoms with Gasteiger partial charge in [-0.3, -0.25) is 24.0 Å². The Morgan fingerprint density at radius 1 is 1.15 bits per heavy atom. The second kappa shape index (κ2) is 8.53. The molecule has 1 aromatic heterocycles. The first-order valence-electron chi connectivity index (χ1n) is 11.3. The van der Waals surface area contributed by atoms with Crippen molar-refractivity contribution in [3.63, 3.8) is 0 Å². The van der Waals surface area contributed by atoms with Crippen molar-refractivity contribution in [2.24, 2.45) is 7.05 Å². The van der Waals surface area contributed by atoms with Crippen LogP contribution in [-0.4, -0.2) is 38.7 Å². The lowest BCUT2D eigenvalue weighted by atomic mass is 9.90. The second-order valence-electron chi connectivity index (χ2n) is 9.70. The van der Waals surface area contributed by atoms with Crippen LogP contribution in [0, 0.1) is 0 Å². The Bertz CT molecular complexity index is 1210. The van der Waals surface area contributed by atoms with Crippen molar-refractivity contribution >= 4 is 34.5 Å². The SMILES string of the molecule is Cn1c(=O)n(C2CCC(=O)NC2=O)c2cccc(C3=CCC(NC(=O)OC(C)(C)C)CC3)c21. The first-order valence-corrected chi connectivity index (χ1v) is 11.3. The zero-order chi connectivity index (χ0) is 23.9. The van der Waals surface area contributed by atoms with Gasteiger partial charge >= 0.3 is 11.8 Å². The molecule has 9 nitrogen and oxygen atoms in total. The van der Waals surface area contributed by atoms with Gasteiger partial charge in [-0.25, -0.2) is 9.59 Å². The molecule has 2 heterocycles. The molecule has 2 unspecified atom stereocenters. The molecule has 0 bridgehead atoms. The normalized spacial score (nSPS) is 21.5. The van der Waals surface area contributed by atoms with Crippen molar-refractivity contribution in [2.75, 3.05) is 0 Å². The summed E-state index contributed by atoms with van der Waals surface area (Å²) in [5.74, 6) is -0.758. The van der Waals surface area contributed by atoms with Gasteiger partial charge in [0, 0.05) is 25.1 Å². The lowest BCUT2D eigenvalue weighted by molar-refractivity contribution is -0.135. The van der Waals surface area contributed by atoms with Crippen molar-refractivity contribution in [3.8, 4) is 0 Å². The molecule has 1 aromatic carbocycles. The topological polar surface area (TPSA) is 111 Å². The molecule has 0 radical (unpaired) electrons. The first kappa shape index (κ1) is 22.8. The number of nitrogens with one attached hydrogen (secondary N) is 2. The number of allylic oxidation sites excluding steroid dienone is 1. The number of benzene rings is 1. The first-order chi connectivity index (χ1) is 15.5. The van der Waals surface area contributed by atoms with Crippen molar-refractivity contribution in [3.05, 3.63) is 40.3 Å². The molecule has 2 N–H and O–H groups in total. The zero-order valence-electron chi connectivity index (χ0n) is 19.4. The molecule has 0 spiro atoms. The summed E-state index contributed by atoms with van der Waals surface area (Å²) in [6.45, 7) is 5.49. The Morgan fingerprint density at radius 2 is 1.91 bits per heavy atom. The van der Waals surface area contributed by atoms with Crippen LogP contribution in [0.4, 0.5) is 4.79 Å². The average molecular weight is 455 g/mol. The van der Waals surface area contributed by atoms with Crippen LogP contribution in [0.2, 0.25) is 0 Å². The van der Waals surface area contributed by atoms with Crippen molar-refractivity contribution in [1.29, 1.82) is 0 Å². The van der Waals surface area contributed by atoms with Gasteiger partial charge in [0.05, 0.1) is 11.0 Å². The molecule has 1 aliphatic carbocycles. The van der Waals surface area contributed by atoms with Gasteiger partial charge in [0.1, 0.15) is 11.6 Å². The molecule has 1 fully saturated rings. The van der Waals surface area contributed by atoms with Crippen LogP contribution in [0.1, 0.15) is 64.5 Å². The fourth-order valence-electron chi connectivity index (χ4n) is 4.61. The number of amides is 3. The Labute approximate surface area is 191 Å². The number of alkyl carbamates (subject to hydrolysis) is 1. The summed E-state index contributed by atoms with van der Waals surface area (Å²) in [6.07, 6.45) is 4.32. The van der Waals surface area contributed by atoms with Gasteiger partial charge in [-0.1, -0.05) is 18.2 Å².